The average Bonchev–Trinajstić information content (AvgIpc) is 3.32. The van der Waals surface area contributed by atoms with E-state index in [1.807, 2.05) is 0 Å². The Morgan fingerprint density at radius 2 is 1.17 bits per heavy atom. The van der Waals surface area contributed by atoms with Gasteiger partial charge in [-0.15, -0.1) is 0 Å². The molecule has 17 nitrogen and oxygen atoms in total. The van der Waals surface area contributed by atoms with Crippen LogP contribution in [0.1, 0.15) is 221 Å². The molecule has 0 saturated carbocycles. The molecule has 70 heavy (non-hydrogen) atoms. The van der Waals surface area contributed by atoms with Crippen LogP contribution in [-0.2, 0) is 52.5 Å². The van der Waals surface area contributed by atoms with E-state index in [0.717, 1.165) is 56.7 Å². The molecule has 0 aromatic carbocycles. The molecule has 0 aliphatic carbocycles. The highest BCUT2D eigenvalue weighted by molar-refractivity contribution is 8.14. The van der Waals surface area contributed by atoms with Crippen LogP contribution in [0.4, 0.5) is 0 Å². The molecule has 0 aromatic heterocycles. The SMILES string of the molecule is CCCCCCCCCCCCCCCCCC(=O)O[C@H](CCCCCCCCCCC)CC(=O)S[C@@H]1O[C@H](CO)[C@@H](O)[C@@H](OC(C)C(=O)N[C@@H](C)C(=O)N[C@H](CCC(=O)OC)C(N)=O)[C@H]1NC(C)=O. The van der Waals surface area contributed by atoms with Crippen molar-refractivity contribution in [1.82, 2.24) is 16.0 Å². The second-order valence-electron chi connectivity index (χ2n) is 19.1. The van der Waals surface area contributed by atoms with Gasteiger partial charge in [0.05, 0.1) is 26.2 Å². The third-order valence-electron chi connectivity index (χ3n) is 12.8. The van der Waals surface area contributed by atoms with Crippen LogP contribution in [0.15, 0.2) is 0 Å². The van der Waals surface area contributed by atoms with Gasteiger partial charge in [0, 0.05) is 19.8 Å². The third kappa shape index (κ3) is 29.9. The smallest absolute Gasteiger partial charge is 0.306 e. The molecule has 1 aliphatic rings. The van der Waals surface area contributed by atoms with Crippen molar-refractivity contribution >= 4 is 52.4 Å². The van der Waals surface area contributed by atoms with E-state index >= 15 is 0 Å². The summed E-state index contributed by atoms with van der Waals surface area (Å²) in [6.45, 7) is 7.68. The van der Waals surface area contributed by atoms with E-state index in [2.05, 4.69) is 34.5 Å². The molecule has 1 aliphatic heterocycles. The molecular formula is C52H94N4O13S. The zero-order valence-electron chi connectivity index (χ0n) is 43.8. The number of esters is 2. The summed E-state index contributed by atoms with van der Waals surface area (Å²) in [5.74, 6) is -3.98. The largest absolute Gasteiger partial charge is 0.469 e. The first kappa shape index (κ1) is 64.7. The zero-order chi connectivity index (χ0) is 52.1. The van der Waals surface area contributed by atoms with Crippen LogP contribution in [0.2, 0.25) is 0 Å². The molecule has 0 aromatic rings. The van der Waals surface area contributed by atoms with Gasteiger partial charge < -0.3 is 50.8 Å². The van der Waals surface area contributed by atoms with Gasteiger partial charge >= 0.3 is 11.9 Å². The minimum Gasteiger partial charge on any atom is -0.469 e. The van der Waals surface area contributed by atoms with Crippen molar-refractivity contribution in [3.63, 3.8) is 0 Å². The summed E-state index contributed by atoms with van der Waals surface area (Å²) < 4.78 is 22.5. The van der Waals surface area contributed by atoms with Crippen LogP contribution >= 0.6 is 11.8 Å². The second kappa shape index (κ2) is 40.2. The summed E-state index contributed by atoms with van der Waals surface area (Å²) in [5.41, 5.74) is 4.21. The fourth-order valence-corrected chi connectivity index (χ4v) is 9.60. The van der Waals surface area contributed by atoms with Crippen LogP contribution in [-0.4, -0.2) is 119 Å². The van der Waals surface area contributed by atoms with Gasteiger partial charge in [0.1, 0.15) is 48.0 Å². The van der Waals surface area contributed by atoms with Crippen molar-refractivity contribution in [2.45, 2.75) is 275 Å². The minimum absolute atomic E-state index is 0.126. The van der Waals surface area contributed by atoms with E-state index in [-0.39, 0.29) is 31.7 Å². The first-order valence-electron chi connectivity index (χ1n) is 26.8. The Bertz CT molecular complexity index is 1490. The van der Waals surface area contributed by atoms with E-state index in [9.17, 15) is 43.8 Å². The quantitative estimate of drug-likeness (QED) is 0.0256. The van der Waals surface area contributed by atoms with Gasteiger partial charge in [0.25, 0.3) is 0 Å². The summed E-state index contributed by atoms with van der Waals surface area (Å²) in [6, 6.07) is -3.63. The first-order valence-corrected chi connectivity index (χ1v) is 27.7. The predicted molar refractivity (Wildman–Crippen MR) is 272 cm³/mol. The van der Waals surface area contributed by atoms with Crippen LogP contribution < -0.4 is 21.7 Å². The molecule has 0 bridgehead atoms. The van der Waals surface area contributed by atoms with Gasteiger partial charge in [-0.25, -0.2) is 0 Å². The van der Waals surface area contributed by atoms with Gasteiger partial charge in [-0.3, -0.25) is 33.6 Å². The Hall–Kier alpha value is -3.32. The topological polar surface area (TPSA) is 259 Å². The van der Waals surface area contributed by atoms with E-state index in [1.165, 1.54) is 131 Å². The van der Waals surface area contributed by atoms with Gasteiger partial charge in [-0.1, -0.05) is 167 Å². The average molecular weight is 1020 g/mol. The van der Waals surface area contributed by atoms with Crippen molar-refractivity contribution in [1.29, 1.82) is 0 Å². The summed E-state index contributed by atoms with van der Waals surface area (Å²) in [4.78, 5) is 89.4. The van der Waals surface area contributed by atoms with Crippen molar-refractivity contribution < 1.29 is 62.7 Å². The van der Waals surface area contributed by atoms with Crippen LogP contribution in [0, 0.1) is 0 Å². The zero-order valence-corrected chi connectivity index (χ0v) is 44.6. The number of unbranched alkanes of at least 4 members (excludes halogenated alkanes) is 22. The number of nitrogens with two attached hydrogens (primary N) is 1. The van der Waals surface area contributed by atoms with E-state index in [4.69, 9.17) is 19.9 Å². The molecule has 406 valence electrons. The molecule has 1 unspecified atom stereocenters. The number of carbonyl (C=O) groups is 7. The van der Waals surface area contributed by atoms with Crippen molar-refractivity contribution in [3.8, 4) is 0 Å². The number of hydrogen-bond acceptors (Lipinski definition) is 14. The summed E-state index contributed by atoms with van der Waals surface area (Å²) in [7, 11) is 1.18. The lowest BCUT2D eigenvalue weighted by Gasteiger charge is -2.44. The van der Waals surface area contributed by atoms with Gasteiger partial charge in [0.15, 0.2) is 5.12 Å². The molecule has 0 radical (unpaired) electrons. The Morgan fingerprint density at radius 3 is 1.64 bits per heavy atom. The number of rotatable bonds is 42. The van der Waals surface area contributed by atoms with Crippen LogP contribution in [0.25, 0.3) is 0 Å². The number of amides is 4. The Kier molecular flexibility index (Phi) is 37.1. The van der Waals surface area contributed by atoms with Crippen molar-refractivity contribution in [3.05, 3.63) is 0 Å². The molecule has 1 fully saturated rings. The molecule has 4 amide bonds. The van der Waals surface area contributed by atoms with Gasteiger partial charge in [0.2, 0.25) is 23.6 Å². The van der Waals surface area contributed by atoms with E-state index < -0.39 is 95.4 Å². The number of ether oxygens (including phenoxy) is 4. The molecular weight excluding hydrogens is 921 g/mol. The number of carbonyl (C=O) groups excluding carboxylic acids is 7. The maximum atomic E-state index is 13.9. The Labute approximate surface area is 424 Å². The molecule has 1 saturated heterocycles. The number of thioether (sulfide) groups is 1. The van der Waals surface area contributed by atoms with Gasteiger partial charge in [-0.2, -0.15) is 0 Å². The Morgan fingerprint density at radius 1 is 0.671 bits per heavy atom. The Balaban J connectivity index is 2.93. The predicted octanol–water partition coefficient (Wildman–Crippen LogP) is 7.52. The third-order valence-corrected chi connectivity index (χ3v) is 13.9. The summed E-state index contributed by atoms with van der Waals surface area (Å²) in [5, 5.41) is 28.7. The number of hydrogen-bond donors (Lipinski definition) is 6. The molecule has 1 rings (SSSR count). The lowest BCUT2D eigenvalue weighted by Crippen LogP contribution is -2.65. The molecule has 0 spiro atoms. The van der Waals surface area contributed by atoms with E-state index in [1.54, 1.807) is 0 Å². The highest BCUT2D eigenvalue weighted by atomic mass is 32.2. The minimum atomic E-state index is -1.57. The summed E-state index contributed by atoms with van der Waals surface area (Å²) >= 11 is 0.723. The fourth-order valence-electron chi connectivity index (χ4n) is 8.49. The fraction of sp³-hybridized carbons (Fsp3) is 0.865. The maximum absolute atomic E-state index is 13.9. The standard InChI is InChI=1S/C52H94N4O13S/c1-7-9-11-13-15-17-18-19-20-21-22-24-26-28-30-32-44(60)68-40(31-29-27-25-23-16-14-12-10-8-2)35-45(61)70-52-46(55-39(5)58)48(47(62)42(36-57)69-52)67-38(4)51(65)54-37(3)50(64)56-41(49(53)63)33-34-43(59)66-6/h37-38,40-42,46-48,52,57,62H,7-36H2,1-6H3,(H2,53,63)(H,54,65)(H,55,58)(H,56,64)/t37-,38?,40+,41+,42+,46+,47+,48-,52-/m0/s1. The van der Waals surface area contributed by atoms with E-state index in [0.29, 0.717) is 12.8 Å². The van der Waals surface area contributed by atoms with Crippen molar-refractivity contribution in [2.75, 3.05) is 13.7 Å². The van der Waals surface area contributed by atoms with Crippen LogP contribution in [0.3, 0.4) is 0 Å². The number of primary amides is 1. The monoisotopic (exact) mass is 1010 g/mol. The number of aliphatic hydroxyl groups is 2. The highest BCUT2D eigenvalue weighted by Crippen LogP contribution is 2.33. The molecule has 9 atom stereocenters. The first-order chi connectivity index (χ1) is 33.6. The lowest BCUT2D eigenvalue weighted by molar-refractivity contribution is -0.200. The van der Waals surface area contributed by atoms with Crippen molar-refractivity contribution in [2.24, 2.45) is 5.73 Å². The number of methoxy groups -OCH3 is 1. The number of nitrogens with one attached hydrogen (secondary N) is 3. The highest BCUT2D eigenvalue weighted by Gasteiger charge is 2.48. The summed E-state index contributed by atoms with van der Waals surface area (Å²) in [6.07, 6.45) is 22.3. The van der Waals surface area contributed by atoms with Crippen LogP contribution in [0.5, 0.6) is 0 Å². The van der Waals surface area contributed by atoms with Gasteiger partial charge in [-0.05, 0) is 39.5 Å². The number of aliphatic hydroxyl groups excluding tert-OH is 2. The normalized spacial score (nSPS) is 19.6. The molecule has 18 heteroatoms. The maximum Gasteiger partial charge on any atom is 0.306 e. The lowest BCUT2D eigenvalue weighted by atomic mass is 9.97. The molecule has 7 N–H and O–H groups in total. The molecule has 1 heterocycles. The second-order valence-corrected chi connectivity index (χ2v) is 20.3.